The van der Waals surface area contributed by atoms with Crippen molar-refractivity contribution >= 4 is 11.4 Å². The molecule has 1 aliphatic rings. The second-order valence-corrected chi connectivity index (χ2v) is 5.52. The summed E-state index contributed by atoms with van der Waals surface area (Å²) in [7, 11) is 1.70. The van der Waals surface area contributed by atoms with Crippen LogP contribution in [0.25, 0.3) is 0 Å². The quantitative estimate of drug-likeness (QED) is 0.658. The molecule has 0 radical (unpaired) electrons. The van der Waals surface area contributed by atoms with Gasteiger partial charge in [-0.3, -0.25) is 10.1 Å². The molecule has 1 aromatic rings. The first-order valence-electron chi connectivity index (χ1n) is 7.17. The maximum absolute atomic E-state index is 11.0. The van der Waals surface area contributed by atoms with Gasteiger partial charge >= 0.3 is 0 Å². The number of nitro benzene ring substituents is 1. The summed E-state index contributed by atoms with van der Waals surface area (Å²) in [4.78, 5) is 10.6. The normalized spacial score (nSPS) is 22.5. The van der Waals surface area contributed by atoms with E-state index in [4.69, 9.17) is 4.74 Å². The van der Waals surface area contributed by atoms with Crippen LogP contribution in [0.15, 0.2) is 18.2 Å². The molecular formula is C15H22N2O3. The Morgan fingerprint density at radius 1 is 1.45 bits per heavy atom. The first-order chi connectivity index (χ1) is 9.61. The number of benzene rings is 1. The van der Waals surface area contributed by atoms with Crippen LogP contribution < -0.4 is 5.32 Å². The Kier molecular flexibility index (Phi) is 4.95. The third-order valence-corrected chi connectivity index (χ3v) is 3.94. The molecule has 0 heterocycles. The van der Waals surface area contributed by atoms with Gasteiger partial charge in [-0.1, -0.05) is 31.9 Å². The number of hydrogen-bond donors (Lipinski definition) is 1. The van der Waals surface area contributed by atoms with E-state index in [1.54, 1.807) is 13.1 Å². The van der Waals surface area contributed by atoms with Crippen LogP contribution in [0.2, 0.25) is 0 Å². The van der Waals surface area contributed by atoms with E-state index in [0.29, 0.717) is 18.2 Å². The van der Waals surface area contributed by atoms with Gasteiger partial charge in [0.05, 0.1) is 17.6 Å². The molecule has 2 atom stereocenters. The molecule has 1 aromatic carbocycles. The van der Waals surface area contributed by atoms with Gasteiger partial charge in [0.1, 0.15) is 5.69 Å². The average molecular weight is 278 g/mol. The van der Waals surface area contributed by atoms with Crippen LogP contribution in [-0.4, -0.2) is 18.1 Å². The van der Waals surface area contributed by atoms with Crippen LogP contribution >= 0.6 is 0 Å². The largest absolute Gasteiger partial charge is 0.382 e. The SMILES string of the molecule is CNc1c(COC2CCCC(C)C2)cccc1[N+](=O)[O-]. The Labute approximate surface area is 119 Å². The van der Waals surface area contributed by atoms with Crippen molar-refractivity contribution in [2.24, 2.45) is 5.92 Å². The summed E-state index contributed by atoms with van der Waals surface area (Å²) < 4.78 is 5.95. The van der Waals surface area contributed by atoms with E-state index in [0.717, 1.165) is 18.4 Å². The molecule has 1 N–H and O–H groups in total. The van der Waals surface area contributed by atoms with Gasteiger partial charge in [0.15, 0.2) is 0 Å². The Morgan fingerprint density at radius 3 is 2.90 bits per heavy atom. The van der Waals surface area contributed by atoms with Crippen LogP contribution in [0.3, 0.4) is 0 Å². The molecule has 5 heteroatoms. The van der Waals surface area contributed by atoms with Gasteiger partial charge in [-0.15, -0.1) is 0 Å². The van der Waals surface area contributed by atoms with Gasteiger partial charge in [-0.25, -0.2) is 0 Å². The molecular weight excluding hydrogens is 256 g/mol. The third-order valence-electron chi connectivity index (χ3n) is 3.94. The molecule has 0 bridgehead atoms. The summed E-state index contributed by atoms with van der Waals surface area (Å²) in [5.74, 6) is 0.711. The van der Waals surface area contributed by atoms with E-state index in [1.807, 2.05) is 6.07 Å². The molecule has 20 heavy (non-hydrogen) atoms. The molecule has 2 unspecified atom stereocenters. The van der Waals surface area contributed by atoms with E-state index in [-0.39, 0.29) is 16.7 Å². The third kappa shape index (κ3) is 3.48. The summed E-state index contributed by atoms with van der Waals surface area (Å²) in [5, 5.41) is 13.9. The van der Waals surface area contributed by atoms with Crippen molar-refractivity contribution in [2.75, 3.05) is 12.4 Å². The average Bonchev–Trinajstić information content (AvgIpc) is 2.44. The molecule has 0 amide bonds. The minimum atomic E-state index is -0.363. The van der Waals surface area contributed by atoms with Gasteiger partial charge in [0.2, 0.25) is 0 Å². The topological polar surface area (TPSA) is 64.4 Å². The Hall–Kier alpha value is -1.62. The van der Waals surface area contributed by atoms with Crippen molar-refractivity contribution in [3.05, 3.63) is 33.9 Å². The van der Waals surface area contributed by atoms with E-state index >= 15 is 0 Å². The number of hydrogen-bond acceptors (Lipinski definition) is 4. The fraction of sp³-hybridized carbons (Fsp3) is 0.600. The predicted molar refractivity (Wildman–Crippen MR) is 78.9 cm³/mol. The van der Waals surface area contributed by atoms with E-state index in [1.165, 1.54) is 18.9 Å². The minimum absolute atomic E-state index is 0.102. The van der Waals surface area contributed by atoms with Gasteiger partial charge in [0, 0.05) is 18.7 Å². The molecule has 0 aromatic heterocycles. The van der Waals surface area contributed by atoms with Gasteiger partial charge < -0.3 is 10.1 Å². The summed E-state index contributed by atoms with van der Waals surface area (Å²) in [5.41, 5.74) is 1.51. The molecule has 110 valence electrons. The van der Waals surface area contributed by atoms with Crippen molar-refractivity contribution in [1.29, 1.82) is 0 Å². The first kappa shape index (κ1) is 14.8. The lowest BCUT2D eigenvalue weighted by atomic mass is 9.89. The van der Waals surface area contributed by atoms with Crippen LogP contribution in [0.5, 0.6) is 0 Å². The van der Waals surface area contributed by atoms with Gasteiger partial charge in [-0.2, -0.15) is 0 Å². The second kappa shape index (κ2) is 6.70. The van der Waals surface area contributed by atoms with E-state index in [2.05, 4.69) is 12.2 Å². The van der Waals surface area contributed by atoms with Gasteiger partial charge in [0.25, 0.3) is 5.69 Å². The number of nitrogens with zero attached hydrogens (tertiary/aromatic N) is 1. The zero-order chi connectivity index (χ0) is 14.5. The maximum atomic E-state index is 11.0. The standard InChI is InChI=1S/C15H22N2O3/c1-11-5-3-7-13(9-11)20-10-12-6-4-8-14(17(18)19)15(12)16-2/h4,6,8,11,13,16H,3,5,7,9-10H2,1-2H3. The van der Waals surface area contributed by atoms with Crippen molar-refractivity contribution < 1.29 is 9.66 Å². The summed E-state index contributed by atoms with van der Waals surface area (Å²) in [6.45, 7) is 2.68. The lowest BCUT2D eigenvalue weighted by molar-refractivity contribution is -0.384. The zero-order valence-electron chi connectivity index (χ0n) is 12.1. The number of nitrogens with one attached hydrogen (secondary N) is 1. The van der Waals surface area contributed by atoms with Crippen LogP contribution in [0.1, 0.15) is 38.2 Å². The molecule has 5 nitrogen and oxygen atoms in total. The fourth-order valence-corrected chi connectivity index (χ4v) is 2.89. The van der Waals surface area contributed by atoms with Gasteiger partial charge in [-0.05, 0) is 18.8 Å². The number of anilines is 1. The van der Waals surface area contributed by atoms with E-state index in [9.17, 15) is 10.1 Å². The molecule has 1 saturated carbocycles. The van der Waals surface area contributed by atoms with Crippen LogP contribution in [-0.2, 0) is 11.3 Å². The Morgan fingerprint density at radius 2 is 2.25 bits per heavy atom. The highest BCUT2D eigenvalue weighted by Crippen LogP contribution is 2.30. The van der Waals surface area contributed by atoms with Crippen molar-refractivity contribution in [2.45, 2.75) is 45.3 Å². The van der Waals surface area contributed by atoms with Crippen LogP contribution in [0, 0.1) is 16.0 Å². The first-order valence-corrected chi connectivity index (χ1v) is 7.17. The highest BCUT2D eigenvalue weighted by Gasteiger charge is 2.21. The smallest absolute Gasteiger partial charge is 0.292 e. The molecule has 1 aliphatic carbocycles. The number of ether oxygens (including phenoxy) is 1. The number of para-hydroxylation sites is 1. The highest BCUT2D eigenvalue weighted by molar-refractivity contribution is 5.65. The monoisotopic (exact) mass is 278 g/mol. The molecule has 2 rings (SSSR count). The molecule has 0 saturated heterocycles. The highest BCUT2D eigenvalue weighted by atomic mass is 16.6. The number of rotatable bonds is 5. The van der Waals surface area contributed by atoms with Crippen LogP contribution in [0.4, 0.5) is 11.4 Å². The van der Waals surface area contributed by atoms with Crippen molar-refractivity contribution in [3.8, 4) is 0 Å². The summed E-state index contributed by atoms with van der Waals surface area (Å²) in [6.07, 6.45) is 4.94. The zero-order valence-corrected chi connectivity index (χ0v) is 12.1. The second-order valence-electron chi connectivity index (χ2n) is 5.52. The minimum Gasteiger partial charge on any atom is -0.382 e. The molecule has 0 spiro atoms. The van der Waals surface area contributed by atoms with Crippen molar-refractivity contribution in [3.63, 3.8) is 0 Å². The summed E-state index contributed by atoms with van der Waals surface area (Å²) >= 11 is 0. The Balaban J connectivity index is 2.05. The molecule has 0 aliphatic heterocycles. The maximum Gasteiger partial charge on any atom is 0.292 e. The Bertz CT molecular complexity index is 476. The predicted octanol–water partition coefficient (Wildman–Crippen LogP) is 3.73. The van der Waals surface area contributed by atoms with E-state index < -0.39 is 0 Å². The summed E-state index contributed by atoms with van der Waals surface area (Å²) in [6, 6.07) is 5.10. The number of nitro groups is 1. The molecule has 1 fully saturated rings. The fourth-order valence-electron chi connectivity index (χ4n) is 2.89. The lowest BCUT2D eigenvalue weighted by Crippen LogP contribution is -2.21. The van der Waals surface area contributed by atoms with Crippen molar-refractivity contribution in [1.82, 2.24) is 0 Å². The lowest BCUT2D eigenvalue weighted by Gasteiger charge is -2.27.